The molecule has 0 fully saturated rings. The summed E-state index contributed by atoms with van der Waals surface area (Å²) in [4.78, 5) is 22.2. The summed E-state index contributed by atoms with van der Waals surface area (Å²) in [6.07, 6.45) is 0.669. The van der Waals surface area contributed by atoms with E-state index in [1.165, 1.54) is 0 Å². The Morgan fingerprint density at radius 1 is 1.09 bits per heavy atom. The van der Waals surface area contributed by atoms with Gasteiger partial charge in [0.25, 0.3) is 0 Å². The van der Waals surface area contributed by atoms with E-state index in [9.17, 15) is 9.59 Å². The second kappa shape index (κ2) is 11.6. The third-order valence-electron chi connectivity index (χ3n) is 2.60. The molecule has 124 valence electrons. The van der Waals surface area contributed by atoms with Crippen molar-refractivity contribution in [3.05, 3.63) is 24.3 Å². The predicted octanol–water partition coefficient (Wildman–Crippen LogP) is 0.0770. The molecule has 22 heavy (non-hydrogen) atoms. The quantitative estimate of drug-likeness (QED) is 0.556. The van der Waals surface area contributed by atoms with E-state index in [1.54, 1.807) is 7.11 Å². The van der Waals surface area contributed by atoms with Gasteiger partial charge in [0, 0.05) is 6.54 Å². The fraction of sp³-hybridized carbons (Fsp3) is 0.429. The van der Waals surface area contributed by atoms with E-state index in [0.29, 0.717) is 19.6 Å². The third kappa shape index (κ3) is 8.33. The van der Waals surface area contributed by atoms with Crippen LogP contribution in [0, 0.1) is 0 Å². The van der Waals surface area contributed by atoms with Gasteiger partial charge in [0.1, 0.15) is 11.5 Å². The second-order valence-electron chi connectivity index (χ2n) is 4.21. The number of halogens is 1. The average Bonchev–Trinajstić information content (AvgIpc) is 2.52. The summed E-state index contributed by atoms with van der Waals surface area (Å²) in [5.74, 6) is 0.917. The van der Waals surface area contributed by atoms with Crippen LogP contribution in [0.15, 0.2) is 24.3 Å². The van der Waals surface area contributed by atoms with Gasteiger partial charge in [-0.1, -0.05) is 0 Å². The molecule has 0 unspecified atom stereocenters. The molecule has 1 aromatic rings. The number of carbonyl (C=O) groups is 2. The Balaban J connectivity index is 0.00000441. The van der Waals surface area contributed by atoms with Crippen molar-refractivity contribution in [2.45, 2.75) is 6.42 Å². The van der Waals surface area contributed by atoms with Crippen LogP contribution in [0.25, 0.3) is 0 Å². The van der Waals surface area contributed by atoms with E-state index in [-0.39, 0.29) is 37.3 Å². The van der Waals surface area contributed by atoms with Gasteiger partial charge in [0.15, 0.2) is 0 Å². The smallest absolute Gasteiger partial charge is 0.239 e. The zero-order valence-electron chi connectivity index (χ0n) is 12.5. The van der Waals surface area contributed by atoms with Crippen LogP contribution in [0.5, 0.6) is 11.5 Å². The van der Waals surface area contributed by atoms with E-state index in [0.717, 1.165) is 11.5 Å². The van der Waals surface area contributed by atoms with Gasteiger partial charge in [0.05, 0.1) is 26.8 Å². The van der Waals surface area contributed by atoms with E-state index in [1.807, 2.05) is 24.3 Å². The Labute approximate surface area is 135 Å². The number of amides is 2. The van der Waals surface area contributed by atoms with E-state index < -0.39 is 0 Å². The molecule has 0 aliphatic rings. The van der Waals surface area contributed by atoms with Crippen molar-refractivity contribution in [3.8, 4) is 11.5 Å². The van der Waals surface area contributed by atoms with Gasteiger partial charge in [-0.2, -0.15) is 0 Å². The number of rotatable bonds is 9. The molecule has 2 amide bonds. The lowest BCUT2D eigenvalue weighted by molar-refractivity contribution is -0.125. The SMILES string of the molecule is COc1ccc(OCCCNC(=O)CNC(=O)CN)cc1.Cl. The molecule has 0 spiro atoms. The van der Waals surface area contributed by atoms with Crippen LogP contribution in [0.1, 0.15) is 6.42 Å². The molecule has 0 heterocycles. The first-order valence-electron chi connectivity index (χ1n) is 6.66. The summed E-state index contributed by atoms with van der Waals surface area (Å²) in [5, 5.41) is 5.06. The highest BCUT2D eigenvalue weighted by Gasteiger charge is 2.03. The largest absolute Gasteiger partial charge is 0.497 e. The van der Waals surface area contributed by atoms with Crippen molar-refractivity contribution in [3.63, 3.8) is 0 Å². The molecule has 0 aliphatic heterocycles. The maximum Gasteiger partial charge on any atom is 0.239 e. The number of methoxy groups -OCH3 is 1. The lowest BCUT2D eigenvalue weighted by Gasteiger charge is -2.08. The van der Waals surface area contributed by atoms with Crippen molar-refractivity contribution in [2.75, 3.05) is 33.4 Å². The number of hydrogen-bond donors (Lipinski definition) is 3. The minimum atomic E-state index is -0.354. The first-order chi connectivity index (χ1) is 10.2. The van der Waals surface area contributed by atoms with E-state index in [4.69, 9.17) is 15.2 Å². The molecule has 0 radical (unpaired) electrons. The van der Waals surface area contributed by atoms with Gasteiger partial charge in [-0.3, -0.25) is 9.59 Å². The van der Waals surface area contributed by atoms with Crippen LogP contribution in [0.3, 0.4) is 0 Å². The lowest BCUT2D eigenvalue weighted by Crippen LogP contribution is -2.39. The summed E-state index contributed by atoms with van der Waals surface area (Å²) in [7, 11) is 1.61. The molecule has 7 nitrogen and oxygen atoms in total. The molecule has 0 bridgehead atoms. The highest BCUT2D eigenvalue weighted by atomic mass is 35.5. The normalized spacial score (nSPS) is 9.36. The summed E-state index contributed by atoms with van der Waals surface area (Å²) >= 11 is 0. The van der Waals surface area contributed by atoms with Crippen LogP contribution < -0.4 is 25.8 Å². The molecule has 0 aromatic heterocycles. The number of hydrogen-bond acceptors (Lipinski definition) is 5. The fourth-order valence-electron chi connectivity index (χ4n) is 1.48. The Bertz CT molecular complexity index is 454. The minimum Gasteiger partial charge on any atom is -0.497 e. The molecule has 0 aliphatic carbocycles. The molecular weight excluding hydrogens is 310 g/mol. The van der Waals surface area contributed by atoms with Crippen LogP contribution in [0.4, 0.5) is 0 Å². The number of nitrogens with one attached hydrogen (secondary N) is 2. The van der Waals surface area contributed by atoms with Crippen LogP contribution >= 0.6 is 12.4 Å². The molecule has 1 aromatic carbocycles. The Kier molecular flexibility index (Phi) is 10.6. The zero-order chi connectivity index (χ0) is 15.5. The van der Waals surface area contributed by atoms with Crippen molar-refractivity contribution in [2.24, 2.45) is 5.73 Å². The zero-order valence-corrected chi connectivity index (χ0v) is 13.3. The summed E-state index contributed by atoms with van der Waals surface area (Å²) in [6.45, 7) is 0.785. The number of benzene rings is 1. The summed E-state index contributed by atoms with van der Waals surface area (Å²) < 4.78 is 10.6. The van der Waals surface area contributed by atoms with Gasteiger partial charge in [0.2, 0.25) is 11.8 Å². The van der Waals surface area contributed by atoms with Gasteiger partial charge in [-0.25, -0.2) is 0 Å². The van der Waals surface area contributed by atoms with Crippen molar-refractivity contribution in [1.82, 2.24) is 10.6 Å². The number of nitrogens with two attached hydrogens (primary N) is 1. The number of carbonyl (C=O) groups excluding carboxylic acids is 2. The van der Waals surface area contributed by atoms with E-state index >= 15 is 0 Å². The molecule has 8 heteroatoms. The maximum absolute atomic E-state index is 11.3. The fourth-order valence-corrected chi connectivity index (χ4v) is 1.48. The molecule has 4 N–H and O–H groups in total. The Hall–Kier alpha value is -1.99. The van der Waals surface area contributed by atoms with Gasteiger partial charge < -0.3 is 25.8 Å². The monoisotopic (exact) mass is 331 g/mol. The van der Waals surface area contributed by atoms with E-state index in [2.05, 4.69) is 10.6 Å². The van der Waals surface area contributed by atoms with Gasteiger partial charge in [-0.15, -0.1) is 12.4 Å². The predicted molar refractivity (Wildman–Crippen MR) is 85.4 cm³/mol. The van der Waals surface area contributed by atoms with Crippen LogP contribution in [-0.4, -0.2) is 45.2 Å². The van der Waals surface area contributed by atoms with Crippen molar-refractivity contribution >= 4 is 24.2 Å². The first-order valence-corrected chi connectivity index (χ1v) is 6.66. The first kappa shape index (κ1) is 20.0. The molecular formula is C14H22ClN3O4. The highest BCUT2D eigenvalue weighted by Crippen LogP contribution is 2.16. The Morgan fingerprint density at radius 2 is 1.73 bits per heavy atom. The molecule has 1 rings (SSSR count). The highest BCUT2D eigenvalue weighted by molar-refractivity contribution is 5.85. The molecule has 0 saturated carbocycles. The molecule has 0 saturated heterocycles. The van der Waals surface area contributed by atoms with Crippen LogP contribution in [0.2, 0.25) is 0 Å². The van der Waals surface area contributed by atoms with Gasteiger partial charge in [-0.05, 0) is 30.7 Å². The average molecular weight is 332 g/mol. The third-order valence-corrected chi connectivity index (χ3v) is 2.60. The maximum atomic E-state index is 11.3. The van der Waals surface area contributed by atoms with Crippen molar-refractivity contribution in [1.29, 1.82) is 0 Å². The summed E-state index contributed by atoms with van der Waals surface area (Å²) in [6, 6.07) is 7.27. The van der Waals surface area contributed by atoms with Crippen molar-refractivity contribution < 1.29 is 19.1 Å². The second-order valence-corrected chi connectivity index (χ2v) is 4.21. The molecule has 0 atom stereocenters. The standard InChI is InChI=1S/C14H21N3O4.ClH/c1-20-11-3-5-12(6-4-11)21-8-2-7-16-14(19)10-17-13(18)9-15;/h3-6H,2,7-10,15H2,1H3,(H,16,19)(H,17,18);1H. The number of ether oxygens (including phenoxy) is 2. The Morgan fingerprint density at radius 3 is 2.32 bits per heavy atom. The topological polar surface area (TPSA) is 103 Å². The lowest BCUT2D eigenvalue weighted by atomic mass is 10.3. The summed E-state index contributed by atoms with van der Waals surface area (Å²) in [5.41, 5.74) is 5.10. The minimum absolute atomic E-state index is 0. The van der Waals surface area contributed by atoms with Crippen LogP contribution in [-0.2, 0) is 9.59 Å². The van der Waals surface area contributed by atoms with Gasteiger partial charge >= 0.3 is 0 Å².